The molecule has 0 aliphatic rings. The molecule has 3 N–H and O–H groups in total. The van der Waals surface area contributed by atoms with Gasteiger partial charge in [0.05, 0.1) is 6.61 Å². The molecule has 142 valence electrons. The Morgan fingerprint density at radius 1 is 1.08 bits per heavy atom. The molecule has 0 aliphatic carbocycles. The Bertz CT molecular complexity index is 480. The van der Waals surface area contributed by atoms with E-state index in [-0.39, 0.29) is 0 Å². The zero-order valence-corrected chi connectivity index (χ0v) is 15.0. The number of ether oxygens (including phenoxy) is 2. The van der Waals surface area contributed by atoms with Gasteiger partial charge in [-0.1, -0.05) is 25.5 Å². The normalized spacial score (nSPS) is 9.84. The van der Waals surface area contributed by atoms with E-state index in [0.717, 1.165) is 51.5 Å². The second kappa shape index (κ2) is 15.4. The fraction of sp³-hybridized carbons (Fsp3) is 0.556. The van der Waals surface area contributed by atoms with E-state index < -0.39 is 11.9 Å². The van der Waals surface area contributed by atoms with Crippen LogP contribution in [0, 0.1) is 0 Å². The number of carbonyl (C=O) groups is 2. The largest absolute Gasteiger partial charge is 0.494 e. The van der Waals surface area contributed by atoms with Crippen LogP contribution in [0.5, 0.6) is 5.75 Å². The van der Waals surface area contributed by atoms with Gasteiger partial charge < -0.3 is 25.0 Å². The molecule has 1 aromatic carbocycles. The molecule has 0 radical (unpaired) electrons. The van der Waals surface area contributed by atoms with Crippen molar-refractivity contribution in [1.82, 2.24) is 5.32 Å². The highest BCUT2D eigenvalue weighted by molar-refractivity contribution is 6.27. The molecule has 7 nitrogen and oxygen atoms in total. The Hall–Kier alpha value is -2.12. The summed E-state index contributed by atoms with van der Waals surface area (Å²) in [5.41, 5.74) is 1.27. The van der Waals surface area contributed by atoms with Crippen LogP contribution in [0.1, 0.15) is 38.7 Å². The van der Waals surface area contributed by atoms with E-state index in [4.69, 9.17) is 29.3 Å². The van der Waals surface area contributed by atoms with Gasteiger partial charge in [-0.2, -0.15) is 0 Å². The minimum absolute atomic E-state index is 0.803. The number of carboxylic acid groups (broad SMARTS) is 2. The van der Waals surface area contributed by atoms with Crippen LogP contribution in [0.3, 0.4) is 0 Å². The number of hydrogen-bond acceptors (Lipinski definition) is 5. The Morgan fingerprint density at radius 2 is 1.80 bits per heavy atom. The average molecular weight is 355 g/mol. The highest BCUT2D eigenvalue weighted by Crippen LogP contribution is 2.13. The minimum Gasteiger partial charge on any atom is -0.494 e. The fourth-order valence-corrected chi connectivity index (χ4v) is 1.76. The summed E-state index contributed by atoms with van der Waals surface area (Å²) in [5.74, 6) is -2.67. The van der Waals surface area contributed by atoms with Crippen molar-refractivity contribution in [2.24, 2.45) is 0 Å². The predicted molar refractivity (Wildman–Crippen MR) is 94.9 cm³/mol. The molecule has 0 spiro atoms. The van der Waals surface area contributed by atoms with Crippen LogP contribution in [-0.4, -0.2) is 48.5 Å². The van der Waals surface area contributed by atoms with Crippen molar-refractivity contribution in [3.8, 4) is 5.75 Å². The average Bonchev–Trinajstić information content (AvgIpc) is 2.59. The highest BCUT2D eigenvalue weighted by Gasteiger charge is 2.04. The van der Waals surface area contributed by atoms with Crippen LogP contribution in [0.4, 0.5) is 0 Å². The summed E-state index contributed by atoms with van der Waals surface area (Å²) >= 11 is 0. The van der Waals surface area contributed by atoms with E-state index in [1.807, 2.05) is 13.0 Å². The zero-order valence-electron chi connectivity index (χ0n) is 15.0. The second-order valence-corrected chi connectivity index (χ2v) is 5.19. The number of hydrogen-bond donors (Lipinski definition) is 3. The van der Waals surface area contributed by atoms with Crippen LogP contribution < -0.4 is 10.1 Å². The third-order valence-electron chi connectivity index (χ3n) is 3.02. The van der Waals surface area contributed by atoms with Gasteiger partial charge in [0, 0.05) is 19.8 Å². The minimum atomic E-state index is -1.82. The molecular weight excluding hydrogens is 326 g/mol. The first-order chi connectivity index (χ1) is 12.0. The number of aliphatic carboxylic acids is 2. The van der Waals surface area contributed by atoms with E-state index >= 15 is 0 Å². The zero-order chi connectivity index (χ0) is 18.9. The molecule has 0 aromatic heterocycles. The number of nitrogens with one attached hydrogen (secondary N) is 1. The summed E-state index contributed by atoms with van der Waals surface area (Å²) in [6.45, 7) is 8.52. The van der Waals surface area contributed by atoms with Crippen molar-refractivity contribution >= 4 is 11.9 Å². The molecule has 0 aliphatic heterocycles. The summed E-state index contributed by atoms with van der Waals surface area (Å²) in [6, 6.07) is 8.32. The van der Waals surface area contributed by atoms with Crippen molar-refractivity contribution in [3.63, 3.8) is 0 Å². The van der Waals surface area contributed by atoms with Crippen molar-refractivity contribution in [1.29, 1.82) is 0 Å². The fourth-order valence-electron chi connectivity index (χ4n) is 1.76. The molecule has 0 saturated carbocycles. The van der Waals surface area contributed by atoms with Crippen LogP contribution >= 0.6 is 0 Å². The van der Waals surface area contributed by atoms with Gasteiger partial charge in [-0.15, -0.1) is 0 Å². The lowest BCUT2D eigenvalue weighted by atomic mass is 10.2. The first kappa shape index (κ1) is 22.9. The van der Waals surface area contributed by atoms with Crippen molar-refractivity contribution in [2.45, 2.75) is 39.7 Å². The number of benzene rings is 1. The Labute approximate surface area is 149 Å². The van der Waals surface area contributed by atoms with Gasteiger partial charge >= 0.3 is 11.9 Å². The number of carboxylic acids is 2. The first-order valence-corrected chi connectivity index (χ1v) is 8.47. The number of unbranched alkanes of at least 4 members (excludes halogenated alkanes) is 1. The van der Waals surface area contributed by atoms with Crippen LogP contribution in [-0.2, 0) is 20.9 Å². The van der Waals surface area contributed by atoms with E-state index in [0.29, 0.717) is 0 Å². The molecule has 1 aromatic rings. The Morgan fingerprint density at radius 3 is 2.40 bits per heavy atom. The molecule has 0 heterocycles. The molecule has 0 amide bonds. The van der Waals surface area contributed by atoms with Crippen LogP contribution in [0.25, 0.3) is 0 Å². The Balaban J connectivity index is 0.000000823. The lowest BCUT2D eigenvalue weighted by Crippen LogP contribution is -2.16. The van der Waals surface area contributed by atoms with Gasteiger partial charge in [0.1, 0.15) is 5.75 Å². The van der Waals surface area contributed by atoms with E-state index in [1.165, 1.54) is 12.0 Å². The maximum atomic E-state index is 9.10. The summed E-state index contributed by atoms with van der Waals surface area (Å²) in [4.78, 5) is 18.2. The van der Waals surface area contributed by atoms with Gasteiger partial charge in [0.2, 0.25) is 0 Å². The molecule has 0 saturated heterocycles. The van der Waals surface area contributed by atoms with Gasteiger partial charge in [-0.05, 0) is 44.0 Å². The summed E-state index contributed by atoms with van der Waals surface area (Å²) < 4.78 is 11.0. The molecular formula is C18H29NO6. The van der Waals surface area contributed by atoms with Crippen molar-refractivity contribution in [3.05, 3.63) is 29.8 Å². The van der Waals surface area contributed by atoms with Crippen LogP contribution in [0.2, 0.25) is 0 Å². The van der Waals surface area contributed by atoms with E-state index in [1.54, 1.807) is 0 Å². The first-order valence-electron chi connectivity index (χ1n) is 8.47. The van der Waals surface area contributed by atoms with Crippen molar-refractivity contribution in [2.75, 3.05) is 26.4 Å². The van der Waals surface area contributed by atoms with Gasteiger partial charge in [0.15, 0.2) is 0 Å². The molecule has 0 bridgehead atoms. The molecule has 1 rings (SSSR count). The quantitative estimate of drug-likeness (QED) is 0.414. The Kier molecular flexibility index (Phi) is 14.1. The predicted octanol–water partition coefficient (Wildman–Crippen LogP) is 2.54. The molecule has 0 atom stereocenters. The van der Waals surface area contributed by atoms with Gasteiger partial charge in [-0.25, -0.2) is 9.59 Å². The second-order valence-electron chi connectivity index (χ2n) is 5.19. The summed E-state index contributed by atoms with van der Waals surface area (Å²) in [7, 11) is 0. The molecule has 25 heavy (non-hydrogen) atoms. The van der Waals surface area contributed by atoms with Gasteiger partial charge in [-0.3, -0.25) is 0 Å². The third-order valence-corrected chi connectivity index (χ3v) is 3.02. The molecule has 0 fully saturated rings. The number of rotatable bonds is 11. The monoisotopic (exact) mass is 355 g/mol. The summed E-state index contributed by atoms with van der Waals surface area (Å²) in [6.07, 6.45) is 3.33. The highest BCUT2D eigenvalue weighted by atomic mass is 16.5. The lowest BCUT2D eigenvalue weighted by Gasteiger charge is -2.08. The van der Waals surface area contributed by atoms with Gasteiger partial charge in [0.25, 0.3) is 0 Å². The SMILES string of the molecule is CCCCOc1cccc(CNCCCOCC)c1.O=C(O)C(=O)O. The lowest BCUT2D eigenvalue weighted by molar-refractivity contribution is -0.159. The maximum Gasteiger partial charge on any atom is 0.414 e. The third kappa shape index (κ3) is 14.0. The molecule has 0 unspecified atom stereocenters. The maximum absolute atomic E-state index is 9.10. The smallest absolute Gasteiger partial charge is 0.414 e. The van der Waals surface area contributed by atoms with E-state index in [2.05, 4.69) is 30.4 Å². The van der Waals surface area contributed by atoms with E-state index in [9.17, 15) is 0 Å². The summed E-state index contributed by atoms with van der Waals surface area (Å²) in [5, 5.41) is 18.2. The standard InChI is InChI=1S/C16H27NO2.C2H2O4/c1-3-5-12-19-16-9-6-8-15(13-16)14-17-10-7-11-18-4-2;3-1(4)2(5)6/h6,8-9,13,17H,3-5,7,10-12,14H2,1-2H3;(H,3,4)(H,5,6). The molecule has 7 heteroatoms. The topological polar surface area (TPSA) is 105 Å². The van der Waals surface area contributed by atoms with Crippen molar-refractivity contribution < 1.29 is 29.3 Å². The van der Waals surface area contributed by atoms with Crippen LogP contribution in [0.15, 0.2) is 24.3 Å².